The second-order valence-corrected chi connectivity index (χ2v) is 7.07. The number of nitro groups is 1. The third-order valence-corrected chi connectivity index (χ3v) is 4.99. The number of fused-ring (bicyclic) bond motifs is 1. The smallest absolute Gasteiger partial charge is 0.345 e. The molecule has 0 spiro atoms. The van der Waals surface area contributed by atoms with Gasteiger partial charge in [-0.3, -0.25) is 30.6 Å². The van der Waals surface area contributed by atoms with Crippen LogP contribution in [0.25, 0.3) is 0 Å². The van der Waals surface area contributed by atoms with E-state index in [1.54, 1.807) is 24.3 Å². The Labute approximate surface area is 194 Å². The molecule has 0 atom stereocenters. The molecule has 34 heavy (non-hydrogen) atoms. The monoisotopic (exact) mass is 472 g/mol. The van der Waals surface area contributed by atoms with Gasteiger partial charge in [0.1, 0.15) is 18.8 Å². The zero-order chi connectivity index (χ0) is 24.7. The van der Waals surface area contributed by atoms with E-state index >= 15 is 0 Å². The number of amides is 2. The van der Waals surface area contributed by atoms with Crippen LogP contribution in [0, 0.1) is 10.1 Å². The molecule has 3 rings (SSSR count). The minimum Gasteiger partial charge on any atom is -0.486 e. The van der Waals surface area contributed by atoms with Crippen molar-refractivity contribution in [1.29, 1.82) is 0 Å². The van der Waals surface area contributed by atoms with Crippen LogP contribution in [0.3, 0.4) is 0 Å². The molecule has 2 aromatic rings. The van der Waals surface area contributed by atoms with Gasteiger partial charge in [-0.15, -0.1) is 0 Å². The summed E-state index contributed by atoms with van der Waals surface area (Å²) in [5.41, 5.74) is 4.70. The lowest BCUT2D eigenvalue weighted by Crippen LogP contribution is -2.43. The zero-order valence-corrected chi connectivity index (χ0v) is 18.7. The van der Waals surface area contributed by atoms with Gasteiger partial charge in [0.15, 0.2) is 18.1 Å². The van der Waals surface area contributed by atoms with E-state index in [-0.39, 0.29) is 30.3 Å². The van der Waals surface area contributed by atoms with Gasteiger partial charge in [-0.25, -0.2) is 4.79 Å². The predicted octanol–water partition coefficient (Wildman–Crippen LogP) is 1.83. The van der Waals surface area contributed by atoms with Gasteiger partial charge in [0.25, 0.3) is 17.5 Å². The Hall–Kier alpha value is -4.35. The van der Waals surface area contributed by atoms with Crippen molar-refractivity contribution >= 4 is 29.2 Å². The maximum atomic E-state index is 12.4. The molecule has 0 bridgehead atoms. The zero-order valence-electron chi connectivity index (χ0n) is 18.7. The number of hydrogen-bond donors (Lipinski definition) is 2. The first kappa shape index (κ1) is 24.3. The number of esters is 1. The second-order valence-electron chi connectivity index (χ2n) is 7.07. The summed E-state index contributed by atoms with van der Waals surface area (Å²) < 4.78 is 15.5. The Morgan fingerprint density at radius 1 is 1.03 bits per heavy atom. The lowest BCUT2D eigenvalue weighted by Gasteiger charge is -2.21. The lowest BCUT2D eigenvalue weighted by atomic mass is 10.1. The van der Waals surface area contributed by atoms with Crippen molar-refractivity contribution < 1.29 is 33.5 Å². The summed E-state index contributed by atoms with van der Waals surface area (Å²) >= 11 is 0. The number of ether oxygens (including phenoxy) is 3. The van der Waals surface area contributed by atoms with Crippen molar-refractivity contribution in [2.24, 2.45) is 0 Å². The number of anilines is 1. The topological polar surface area (TPSA) is 149 Å². The fraction of sp³-hybridized carbons (Fsp3) is 0.318. The maximum Gasteiger partial charge on any atom is 0.345 e. The highest BCUT2D eigenvalue weighted by molar-refractivity contribution is 5.97. The van der Waals surface area contributed by atoms with Crippen LogP contribution in [-0.2, 0) is 9.53 Å². The molecule has 1 heterocycles. The average Bonchev–Trinajstić information content (AvgIpc) is 2.86. The number of carbonyl (C=O) groups is 3. The van der Waals surface area contributed by atoms with Gasteiger partial charge in [0, 0.05) is 30.4 Å². The van der Waals surface area contributed by atoms with Gasteiger partial charge < -0.3 is 19.1 Å². The summed E-state index contributed by atoms with van der Waals surface area (Å²) in [5, 5.41) is 11.3. The normalized spacial score (nSPS) is 11.8. The molecule has 2 amide bonds. The van der Waals surface area contributed by atoms with Crippen LogP contribution in [-0.4, -0.2) is 55.6 Å². The van der Waals surface area contributed by atoms with E-state index in [9.17, 15) is 24.5 Å². The van der Waals surface area contributed by atoms with Crippen molar-refractivity contribution in [1.82, 2.24) is 10.9 Å². The van der Waals surface area contributed by atoms with E-state index in [4.69, 9.17) is 14.2 Å². The maximum absolute atomic E-state index is 12.4. The highest BCUT2D eigenvalue weighted by atomic mass is 16.6. The van der Waals surface area contributed by atoms with Crippen LogP contribution >= 0.6 is 0 Å². The first-order valence-electron chi connectivity index (χ1n) is 10.5. The predicted molar refractivity (Wildman–Crippen MR) is 120 cm³/mol. The van der Waals surface area contributed by atoms with Gasteiger partial charge in [0.05, 0.1) is 11.0 Å². The van der Waals surface area contributed by atoms with E-state index in [2.05, 4.69) is 15.8 Å². The molecule has 0 aliphatic carbocycles. The van der Waals surface area contributed by atoms with Gasteiger partial charge in [0.2, 0.25) is 0 Å². The third kappa shape index (κ3) is 5.71. The summed E-state index contributed by atoms with van der Waals surface area (Å²) in [6.07, 6.45) is 0. The first-order valence-corrected chi connectivity index (χ1v) is 10.5. The molecule has 12 heteroatoms. The number of carbonyl (C=O) groups excluding carboxylic acids is 3. The minimum absolute atomic E-state index is 0.139. The number of hydrogen-bond acceptors (Lipinski definition) is 9. The highest BCUT2D eigenvalue weighted by Gasteiger charge is 2.27. The summed E-state index contributed by atoms with van der Waals surface area (Å²) in [7, 11) is 0. The van der Waals surface area contributed by atoms with E-state index in [1.165, 1.54) is 0 Å². The summed E-state index contributed by atoms with van der Waals surface area (Å²) in [5.74, 6) is -2.19. The Bertz CT molecular complexity index is 1080. The van der Waals surface area contributed by atoms with Gasteiger partial charge in [-0.2, -0.15) is 0 Å². The number of nitrogens with one attached hydrogen (secondary N) is 2. The van der Waals surface area contributed by atoms with Crippen molar-refractivity contribution in [3.05, 3.63) is 57.6 Å². The number of nitro benzene ring substituents is 1. The Balaban J connectivity index is 1.54. The molecule has 0 unspecified atom stereocenters. The van der Waals surface area contributed by atoms with Crippen LogP contribution in [0.1, 0.15) is 34.6 Å². The summed E-state index contributed by atoms with van der Waals surface area (Å²) in [6, 6.07) is 9.04. The molecule has 0 saturated heterocycles. The fourth-order valence-corrected chi connectivity index (χ4v) is 3.25. The molecule has 0 saturated carbocycles. The minimum atomic E-state index is -1.10. The Morgan fingerprint density at radius 2 is 1.65 bits per heavy atom. The molecule has 2 aromatic carbocycles. The molecular weight excluding hydrogens is 448 g/mol. The quantitative estimate of drug-likeness (QED) is 0.333. The SMILES string of the molecule is CCN(CC)c1ccc(C(=O)NNC(=O)COC(=O)c2cc3c(cc2[N+](=O)[O-])OCCO3)cc1. The van der Waals surface area contributed by atoms with Crippen LogP contribution in [0.5, 0.6) is 11.5 Å². The summed E-state index contributed by atoms with van der Waals surface area (Å²) in [6.45, 7) is 5.38. The molecule has 0 radical (unpaired) electrons. The van der Waals surface area contributed by atoms with Gasteiger partial charge >= 0.3 is 5.97 Å². The lowest BCUT2D eigenvalue weighted by molar-refractivity contribution is -0.385. The molecule has 1 aliphatic heterocycles. The molecule has 2 N–H and O–H groups in total. The number of hydrazine groups is 1. The Kier molecular flexibility index (Phi) is 7.85. The number of rotatable bonds is 8. The molecular formula is C22H24N4O8. The molecule has 180 valence electrons. The summed E-state index contributed by atoms with van der Waals surface area (Å²) in [4.78, 5) is 49.3. The third-order valence-electron chi connectivity index (χ3n) is 4.99. The molecule has 1 aliphatic rings. The van der Waals surface area contributed by atoms with Crippen molar-refractivity contribution in [2.75, 3.05) is 37.8 Å². The van der Waals surface area contributed by atoms with Crippen LogP contribution in [0.4, 0.5) is 11.4 Å². The molecule has 12 nitrogen and oxygen atoms in total. The Morgan fingerprint density at radius 3 is 2.24 bits per heavy atom. The number of benzene rings is 2. The van der Waals surface area contributed by atoms with E-state index in [0.29, 0.717) is 5.56 Å². The van der Waals surface area contributed by atoms with Gasteiger partial charge in [-0.1, -0.05) is 0 Å². The van der Waals surface area contributed by atoms with Crippen LogP contribution < -0.4 is 25.2 Å². The fourth-order valence-electron chi connectivity index (χ4n) is 3.25. The average molecular weight is 472 g/mol. The largest absolute Gasteiger partial charge is 0.486 e. The van der Waals surface area contributed by atoms with E-state index < -0.39 is 35.0 Å². The van der Waals surface area contributed by atoms with Crippen molar-refractivity contribution in [3.63, 3.8) is 0 Å². The van der Waals surface area contributed by atoms with Crippen LogP contribution in [0.15, 0.2) is 36.4 Å². The van der Waals surface area contributed by atoms with Gasteiger partial charge in [-0.05, 0) is 38.1 Å². The van der Waals surface area contributed by atoms with Crippen molar-refractivity contribution in [2.45, 2.75) is 13.8 Å². The van der Waals surface area contributed by atoms with E-state index in [0.717, 1.165) is 30.9 Å². The highest BCUT2D eigenvalue weighted by Crippen LogP contribution is 2.36. The standard InChI is InChI=1S/C22H24N4O8/c1-3-25(4-2)15-7-5-14(6-8-15)21(28)24-23-20(27)13-34-22(29)16-11-18-19(33-10-9-32-18)12-17(16)26(30)31/h5-8,11-12H,3-4,9-10,13H2,1-2H3,(H,23,27)(H,24,28). The van der Waals surface area contributed by atoms with E-state index in [1.807, 2.05) is 13.8 Å². The number of nitrogens with zero attached hydrogens (tertiary/aromatic N) is 2. The molecule has 0 aromatic heterocycles. The van der Waals surface area contributed by atoms with Crippen LogP contribution in [0.2, 0.25) is 0 Å². The van der Waals surface area contributed by atoms with Crippen molar-refractivity contribution in [3.8, 4) is 11.5 Å². The first-order chi connectivity index (χ1) is 16.3. The second kappa shape index (κ2) is 11.0. The molecule has 0 fully saturated rings.